The lowest BCUT2D eigenvalue weighted by atomic mass is 9.78. The Morgan fingerprint density at radius 3 is 2.17 bits per heavy atom. The summed E-state index contributed by atoms with van der Waals surface area (Å²) in [6.07, 6.45) is 14.3. The minimum Gasteiger partial charge on any atom is -0.449 e. The second kappa shape index (κ2) is 14.8. The predicted octanol–water partition coefficient (Wildman–Crippen LogP) is 5.60. The van der Waals surface area contributed by atoms with Gasteiger partial charge in [-0.3, -0.25) is 0 Å². The summed E-state index contributed by atoms with van der Waals surface area (Å²) in [6.45, 7) is 20.0. The summed E-state index contributed by atoms with van der Waals surface area (Å²) >= 11 is 0. The van der Waals surface area contributed by atoms with Crippen molar-refractivity contribution >= 4 is 6.09 Å². The number of hydrogen-bond donors (Lipinski definition) is 1. The van der Waals surface area contributed by atoms with Crippen molar-refractivity contribution in [2.45, 2.75) is 41.0 Å². The van der Waals surface area contributed by atoms with Crippen LogP contribution in [0.5, 0.6) is 0 Å². The maximum Gasteiger partial charge on any atom is 0.404 e. The highest BCUT2D eigenvalue weighted by Crippen LogP contribution is 2.33. The standard InChI is InChI=1S/C13H23NO4.C12H18/c1-4-7-16-9-13(6-3,10-17-8-5-2)11-18-12(14)15;1-10(2)12(4)8-6-5-7-11(3)9-12/h4-5H,1-2,6-11H2,3H3,(H2,14,15);5-10H,1-4H3. The Bertz CT molecular complexity index is 605. The number of nitrogens with two attached hydrogens (primary N) is 1. The normalized spacial score (nSPS) is 18.1. The number of carbonyl (C=O) groups is 1. The van der Waals surface area contributed by atoms with E-state index in [2.05, 4.69) is 71.2 Å². The number of hydrogen-bond acceptors (Lipinski definition) is 4. The Labute approximate surface area is 183 Å². The first-order chi connectivity index (χ1) is 14.1. The van der Waals surface area contributed by atoms with Crippen molar-refractivity contribution in [3.63, 3.8) is 0 Å². The second-order valence-electron chi connectivity index (χ2n) is 8.20. The zero-order valence-corrected chi connectivity index (χ0v) is 19.5. The molecule has 0 saturated carbocycles. The van der Waals surface area contributed by atoms with Gasteiger partial charge in [0.05, 0.1) is 31.8 Å². The van der Waals surface area contributed by atoms with E-state index in [1.807, 2.05) is 6.92 Å². The molecule has 30 heavy (non-hydrogen) atoms. The van der Waals surface area contributed by atoms with Gasteiger partial charge in [0.1, 0.15) is 6.61 Å². The summed E-state index contributed by atoms with van der Waals surface area (Å²) in [5.41, 5.74) is 6.19. The van der Waals surface area contributed by atoms with Gasteiger partial charge >= 0.3 is 6.09 Å². The fraction of sp³-hybridized carbons (Fsp3) is 0.560. The molecule has 0 spiro atoms. The minimum absolute atomic E-state index is 0.174. The van der Waals surface area contributed by atoms with Crippen molar-refractivity contribution in [1.29, 1.82) is 0 Å². The van der Waals surface area contributed by atoms with E-state index >= 15 is 0 Å². The van der Waals surface area contributed by atoms with Gasteiger partial charge in [0.15, 0.2) is 0 Å². The monoisotopic (exact) mass is 419 g/mol. The van der Waals surface area contributed by atoms with E-state index in [1.165, 1.54) is 5.57 Å². The molecule has 1 atom stereocenters. The molecule has 0 aliphatic heterocycles. The zero-order valence-electron chi connectivity index (χ0n) is 19.5. The molecule has 1 rings (SSSR count). The minimum atomic E-state index is -0.791. The highest BCUT2D eigenvalue weighted by atomic mass is 16.6. The van der Waals surface area contributed by atoms with Gasteiger partial charge in [-0.25, -0.2) is 4.79 Å². The van der Waals surface area contributed by atoms with Crippen molar-refractivity contribution in [2.75, 3.05) is 33.0 Å². The van der Waals surface area contributed by atoms with Crippen LogP contribution in [0.15, 0.2) is 61.3 Å². The summed E-state index contributed by atoms with van der Waals surface area (Å²) < 4.78 is 15.8. The molecule has 2 N–H and O–H groups in total. The maximum atomic E-state index is 10.7. The predicted molar refractivity (Wildman–Crippen MR) is 125 cm³/mol. The fourth-order valence-electron chi connectivity index (χ4n) is 2.79. The Hall–Kier alpha value is -2.11. The van der Waals surface area contributed by atoms with E-state index in [9.17, 15) is 4.79 Å². The zero-order chi connectivity index (χ0) is 23.0. The molecule has 170 valence electrons. The summed E-state index contributed by atoms with van der Waals surface area (Å²) in [7, 11) is 0. The molecule has 0 saturated heterocycles. The highest BCUT2D eigenvalue weighted by Gasteiger charge is 2.31. The first-order valence-electron chi connectivity index (χ1n) is 10.5. The van der Waals surface area contributed by atoms with Gasteiger partial charge in [-0.15, -0.1) is 13.2 Å². The van der Waals surface area contributed by atoms with Crippen LogP contribution in [0, 0.1) is 16.7 Å². The van der Waals surface area contributed by atoms with Gasteiger partial charge in [0.2, 0.25) is 0 Å². The van der Waals surface area contributed by atoms with Crippen LogP contribution in [0.25, 0.3) is 0 Å². The Morgan fingerprint density at radius 1 is 1.17 bits per heavy atom. The molecule has 1 aliphatic rings. The van der Waals surface area contributed by atoms with E-state index in [0.29, 0.717) is 32.3 Å². The molecular formula is C25H41NO4. The molecule has 0 aromatic rings. The quantitative estimate of drug-likeness (QED) is 0.330. The van der Waals surface area contributed by atoms with Crippen molar-refractivity contribution in [3.05, 3.63) is 61.3 Å². The fourth-order valence-corrected chi connectivity index (χ4v) is 2.79. The first-order valence-corrected chi connectivity index (χ1v) is 10.5. The van der Waals surface area contributed by atoms with Crippen LogP contribution in [-0.4, -0.2) is 39.1 Å². The molecule has 0 bridgehead atoms. The molecule has 0 fully saturated rings. The number of primary amides is 1. The number of carbonyl (C=O) groups excluding carboxylic acids is 1. The number of rotatable bonds is 12. The van der Waals surface area contributed by atoms with E-state index < -0.39 is 6.09 Å². The Balaban J connectivity index is 0.000000604. The van der Waals surface area contributed by atoms with E-state index in [4.69, 9.17) is 19.9 Å². The Kier molecular flexibility index (Phi) is 13.8. The van der Waals surface area contributed by atoms with Crippen molar-refractivity contribution < 1.29 is 19.0 Å². The topological polar surface area (TPSA) is 70.8 Å². The van der Waals surface area contributed by atoms with Crippen LogP contribution in [0.1, 0.15) is 41.0 Å². The van der Waals surface area contributed by atoms with E-state index in [0.717, 1.165) is 6.42 Å². The van der Waals surface area contributed by atoms with Gasteiger partial charge in [0.25, 0.3) is 0 Å². The van der Waals surface area contributed by atoms with Crippen molar-refractivity contribution in [3.8, 4) is 0 Å². The SMILES string of the molecule is C=CCOCC(CC)(COCC=C)COC(N)=O.CC1=CC(C)(C(C)C)C=CC=C1. The van der Waals surface area contributed by atoms with E-state index in [1.54, 1.807) is 12.2 Å². The third kappa shape index (κ3) is 11.2. The first kappa shape index (κ1) is 27.9. The molecule has 0 aromatic carbocycles. The average Bonchev–Trinajstić information content (AvgIpc) is 2.87. The molecule has 1 unspecified atom stereocenters. The number of amides is 1. The van der Waals surface area contributed by atoms with Crippen LogP contribution < -0.4 is 5.73 Å². The van der Waals surface area contributed by atoms with Gasteiger partial charge in [-0.05, 0) is 19.3 Å². The summed E-state index contributed by atoms with van der Waals surface area (Å²) in [4.78, 5) is 10.7. The smallest absolute Gasteiger partial charge is 0.404 e. The van der Waals surface area contributed by atoms with Crippen LogP contribution in [-0.2, 0) is 14.2 Å². The summed E-state index contributed by atoms with van der Waals surface area (Å²) in [6, 6.07) is 0. The van der Waals surface area contributed by atoms with E-state index in [-0.39, 0.29) is 17.4 Å². The molecule has 0 heterocycles. The average molecular weight is 420 g/mol. The molecule has 5 heteroatoms. The highest BCUT2D eigenvalue weighted by molar-refractivity contribution is 5.64. The molecule has 1 aliphatic carbocycles. The molecule has 0 radical (unpaired) electrons. The summed E-state index contributed by atoms with van der Waals surface area (Å²) in [5, 5.41) is 0. The Morgan fingerprint density at radius 2 is 1.73 bits per heavy atom. The lowest BCUT2D eigenvalue weighted by molar-refractivity contribution is -0.0449. The number of ether oxygens (including phenoxy) is 3. The van der Waals surface area contributed by atoms with Crippen LogP contribution in [0.2, 0.25) is 0 Å². The van der Waals surface area contributed by atoms with Gasteiger partial charge in [-0.2, -0.15) is 0 Å². The lowest BCUT2D eigenvalue weighted by Gasteiger charge is -2.31. The maximum absolute atomic E-state index is 10.7. The molecular weight excluding hydrogens is 378 g/mol. The van der Waals surface area contributed by atoms with Crippen molar-refractivity contribution in [2.24, 2.45) is 22.5 Å². The van der Waals surface area contributed by atoms with Gasteiger partial charge in [-0.1, -0.05) is 75.8 Å². The molecule has 0 aromatic heterocycles. The summed E-state index contributed by atoms with van der Waals surface area (Å²) in [5.74, 6) is 0.656. The number of allylic oxidation sites excluding steroid dienone is 6. The van der Waals surface area contributed by atoms with Gasteiger partial charge in [0, 0.05) is 5.41 Å². The van der Waals surface area contributed by atoms with Crippen molar-refractivity contribution in [1.82, 2.24) is 0 Å². The molecule has 1 amide bonds. The van der Waals surface area contributed by atoms with Crippen LogP contribution in [0.4, 0.5) is 4.79 Å². The van der Waals surface area contributed by atoms with Crippen LogP contribution in [0.3, 0.4) is 0 Å². The van der Waals surface area contributed by atoms with Crippen LogP contribution >= 0.6 is 0 Å². The second-order valence-corrected chi connectivity index (χ2v) is 8.20. The largest absolute Gasteiger partial charge is 0.449 e. The lowest BCUT2D eigenvalue weighted by Crippen LogP contribution is -2.38. The van der Waals surface area contributed by atoms with Gasteiger partial charge < -0.3 is 19.9 Å². The third-order valence-corrected chi connectivity index (χ3v) is 5.27. The molecule has 5 nitrogen and oxygen atoms in total. The third-order valence-electron chi connectivity index (χ3n) is 5.27.